The highest BCUT2D eigenvalue weighted by molar-refractivity contribution is 5.89. The van der Waals surface area contributed by atoms with Crippen LogP contribution in [0.5, 0.6) is 11.5 Å². The van der Waals surface area contributed by atoms with Crippen molar-refractivity contribution < 1.29 is 24.1 Å². The summed E-state index contributed by atoms with van der Waals surface area (Å²) in [7, 11) is 1.67. The average Bonchev–Trinajstić information content (AvgIpc) is 3.06. The maximum Gasteiger partial charge on any atom is 0.335 e. The second kappa shape index (κ2) is 22.5. The number of hydrogen-bond acceptors (Lipinski definition) is 10. The summed E-state index contributed by atoms with van der Waals surface area (Å²) >= 11 is 0. The Morgan fingerprint density at radius 1 is 1.15 bits per heavy atom. The molecule has 10 nitrogen and oxygen atoms in total. The number of nitriles is 1. The quantitative estimate of drug-likeness (QED) is 0.201. The smallest absolute Gasteiger partial charge is 0.335 e. The number of nitrogens with one attached hydrogen (secondary N) is 1. The number of methoxy groups -OCH3 is 1. The maximum absolute atomic E-state index is 11.5. The lowest BCUT2D eigenvalue weighted by molar-refractivity contribution is -0.138. The van der Waals surface area contributed by atoms with Crippen LogP contribution in [0.2, 0.25) is 0 Å². The minimum absolute atomic E-state index is 0.0838. The third-order valence-corrected chi connectivity index (χ3v) is 5.98. The van der Waals surface area contributed by atoms with E-state index in [4.69, 9.17) is 30.3 Å². The summed E-state index contributed by atoms with van der Waals surface area (Å²) in [5, 5.41) is 26.1. The highest BCUT2D eigenvalue weighted by Crippen LogP contribution is 2.22. The Morgan fingerprint density at radius 2 is 1.76 bits per heavy atom. The standard InChI is InChI=1S/C13H16N4O2.C13H19NO2.C8H10O.C2H6/c1-4-11-12(15)10(6-14)7-16-17(11)8-9(3)13(18)19-5-2;1-11(14-9-10-15)13(2,3)16-12-7-5-4-6-8-12;1-7-3-5-8(9-2)6-4-7;1-2/h4,7-8H,5,15H2,1-3H3;4-8,14-15H,1,9-10H2,2-3H3;3-6H,1-2H3;1-2H3/b9-8+,11-4+;;;. The van der Waals surface area contributed by atoms with E-state index in [-0.39, 0.29) is 6.61 Å². The third kappa shape index (κ3) is 14.6. The van der Waals surface area contributed by atoms with Crippen molar-refractivity contribution in [3.8, 4) is 17.6 Å². The van der Waals surface area contributed by atoms with Crippen molar-refractivity contribution in [3.63, 3.8) is 0 Å². The molecule has 3 rings (SSSR count). The molecule has 0 unspecified atom stereocenters. The molecular formula is C36H51N5O5. The van der Waals surface area contributed by atoms with Crippen LogP contribution in [0.3, 0.4) is 0 Å². The summed E-state index contributed by atoms with van der Waals surface area (Å²) in [6.07, 6.45) is 4.60. The molecule has 0 aliphatic carbocycles. The monoisotopic (exact) mass is 633 g/mol. The first-order valence-electron chi connectivity index (χ1n) is 15.1. The Balaban J connectivity index is 0.000000676. The van der Waals surface area contributed by atoms with Crippen LogP contribution in [-0.2, 0) is 9.53 Å². The molecule has 4 N–H and O–H groups in total. The van der Waals surface area contributed by atoms with Gasteiger partial charge in [0.2, 0.25) is 0 Å². The Kier molecular flexibility index (Phi) is 20.0. The van der Waals surface area contributed by atoms with Crippen molar-refractivity contribution in [1.82, 2.24) is 10.3 Å². The zero-order valence-electron chi connectivity index (χ0n) is 28.8. The van der Waals surface area contributed by atoms with Crippen molar-refractivity contribution in [3.05, 3.63) is 107 Å². The van der Waals surface area contributed by atoms with Crippen LogP contribution in [0, 0.1) is 18.3 Å². The fourth-order valence-electron chi connectivity index (χ4n) is 3.41. The third-order valence-electron chi connectivity index (χ3n) is 5.98. The van der Waals surface area contributed by atoms with Gasteiger partial charge in [-0.3, -0.25) is 0 Å². The summed E-state index contributed by atoms with van der Waals surface area (Å²) < 4.78 is 15.7. The van der Waals surface area contributed by atoms with Gasteiger partial charge in [-0.1, -0.05) is 62.4 Å². The van der Waals surface area contributed by atoms with Gasteiger partial charge in [0, 0.05) is 18.4 Å². The fraction of sp³-hybridized carbons (Fsp3) is 0.361. The minimum Gasteiger partial charge on any atom is -0.497 e. The number of benzene rings is 2. The summed E-state index contributed by atoms with van der Waals surface area (Å²) in [6.45, 7) is 19.9. The van der Waals surface area contributed by atoms with Crippen molar-refractivity contribution in [2.75, 3.05) is 26.9 Å². The number of carbonyl (C=O) groups excluding carboxylic acids is 1. The van der Waals surface area contributed by atoms with Gasteiger partial charge in [0.1, 0.15) is 23.2 Å². The largest absolute Gasteiger partial charge is 0.497 e. The van der Waals surface area contributed by atoms with Crippen LogP contribution >= 0.6 is 0 Å². The van der Waals surface area contributed by atoms with Crippen molar-refractivity contribution >= 4 is 12.2 Å². The van der Waals surface area contributed by atoms with E-state index < -0.39 is 11.6 Å². The van der Waals surface area contributed by atoms with Crippen LogP contribution < -0.4 is 20.5 Å². The molecule has 0 amide bonds. The van der Waals surface area contributed by atoms with E-state index >= 15 is 0 Å². The summed E-state index contributed by atoms with van der Waals surface area (Å²) in [5.74, 6) is 1.31. The van der Waals surface area contributed by atoms with Gasteiger partial charge < -0.3 is 30.4 Å². The Hall–Kier alpha value is -5.01. The van der Waals surface area contributed by atoms with Gasteiger partial charge in [-0.15, -0.1) is 0 Å². The number of carbonyl (C=O) groups is 1. The molecule has 10 heteroatoms. The lowest BCUT2D eigenvalue weighted by atomic mass is 10.1. The zero-order chi connectivity index (χ0) is 35.1. The lowest BCUT2D eigenvalue weighted by Gasteiger charge is -2.29. The number of hydrogen-bond donors (Lipinski definition) is 3. The zero-order valence-corrected chi connectivity index (χ0v) is 28.8. The molecule has 0 aromatic heterocycles. The van der Waals surface area contributed by atoms with Crippen LogP contribution in [0.1, 0.15) is 54.0 Å². The first kappa shape index (κ1) is 41.0. The molecule has 0 spiro atoms. The number of para-hydroxylation sites is 1. The molecule has 2 aromatic carbocycles. The van der Waals surface area contributed by atoms with Crippen molar-refractivity contribution in [2.24, 2.45) is 10.8 Å². The van der Waals surface area contributed by atoms with Crippen molar-refractivity contribution in [1.29, 1.82) is 5.26 Å². The number of aliphatic hydroxyl groups is 1. The number of ether oxygens (including phenoxy) is 3. The van der Waals surface area contributed by atoms with Gasteiger partial charge in [-0.2, -0.15) is 10.4 Å². The normalized spacial score (nSPS) is 13.0. The fourth-order valence-corrected chi connectivity index (χ4v) is 3.41. The number of aryl methyl sites for hydroxylation is 1. The second-order valence-electron chi connectivity index (χ2n) is 9.81. The predicted octanol–water partition coefficient (Wildman–Crippen LogP) is 6.36. The Bertz CT molecular complexity index is 1370. The predicted molar refractivity (Wildman–Crippen MR) is 186 cm³/mol. The van der Waals surface area contributed by atoms with E-state index in [0.29, 0.717) is 35.7 Å². The topological polar surface area (TPSA) is 142 Å². The molecule has 0 saturated heterocycles. The molecular weight excluding hydrogens is 582 g/mol. The van der Waals surface area contributed by atoms with Gasteiger partial charge >= 0.3 is 5.97 Å². The molecule has 46 heavy (non-hydrogen) atoms. The van der Waals surface area contributed by atoms with E-state index in [1.165, 1.54) is 23.0 Å². The number of aliphatic hydroxyl groups excluding tert-OH is 1. The Morgan fingerprint density at radius 3 is 2.26 bits per heavy atom. The molecule has 0 fully saturated rings. The SMILES string of the molecule is C/C=C1\C(N)=C(C#N)C=NN1/C=C(\C)C(=O)OCC.C=C(NCCO)C(C)(C)Oc1ccccc1.CC.COc1ccc(C)cc1. The van der Waals surface area contributed by atoms with E-state index in [1.807, 2.05) is 88.4 Å². The Labute approximate surface area is 275 Å². The van der Waals surface area contributed by atoms with Crippen molar-refractivity contribution in [2.45, 2.75) is 61.0 Å². The molecule has 1 heterocycles. The number of nitrogens with two attached hydrogens (primary N) is 1. The molecule has 0 atom stereocenters. The second-order valence-corrected chi connectivity index (χ2v) is 9.81. The summed E-state index contributed by atoms with van der Waals surface area (Å²) in [6, 6.07) is 19.5. The number of hydrazone groups is 1. The first-order valence-corrected chi connectivity index (χ1v) is 15.1. The molecule has 0 radical (unpaired) electrons. The molecule has 1 aliphatic rings. The van der Waals surface area contributed by atoms with Gasteiger partial charge in [0.15, 0.2) is 0 Å². The van der Waals surface area contributed by atoms with E-state index in [2.05, 4.69) is 23.9 Å². The van der Waals surface area contributed by atoms with Gasteiger partial charge in [0.25, 0.3) is 0 Å². The van der Waals surface area contributed by atoms with Gasteiger partial charge in [0.05, 0.1) is 49.1 Å². The number of rotatable bonds is 10. The van der Waals surface area contributed by atoms with Crippen LogP contribution in [0.25, 0.3) is 0 Å². The molecule has 250 valence electrons. The molecule has 0 saturated carbocycles. The van der Waals surface area contributed by atoms with E-state index in [9.17, 15) is 4.79 Å². The summed E-state index contributed by atoms with van der Waals surface area (Å²) in [4.78, 5) is 11.5. The van der Waals surface area contributed by atoms with Crippen LogP contribution in [-0.4, -0.2) is 54.8 Å². The summed E-state index contributed by atoms with van der Waals surface area (Å²) in [5.41, 5.74) is 8.94. The number of nitrogens with zero attached hydrogens (tertiary/aromatic N) is 3. The molecule has 2 aromatic rings. The van der Waals surface area contributed by atoms with Gasteiger partial charge in [-0.25, -0.2) is 9.80 Å². The lowest BCUT2D eigenvalue weighted by Crippen LogP contribution is -2.38. The highest BCUT2D eigenvalue weighted by atomic mass is 16.5. The van der Waals surface area contributed by atoms with Crippen LogP contribution in [0.15, 0.2) is 107 Å². The maximum atomic E-state index is 11.5. The highest BCUT2D eigenvalue weighted by Gasteiger charge is 2.23. The minimum atomic E-state index is -0.503. The van der Waals surface area contributed by atoms with Gasteiger partial charge in [-0.05, 0) is 65.8 Å². The number of esters is 1. The van der Waals surface area contributed by atoms with Crippen LogP contribution in [0.4, 0.5) is 0 Å². The number of allylic oxidation sites excluding steroid dienone is 2. The average molecular weight is 634 g/mol. The molecule has 0 bridgehead atoms. The van der Waals surface area contributed by atoms with E-state index in [0.717, 1.165) is 17.2 Å². The van der Waals surface area contributed by atoms with E-state index in [1.54, 1.807) is 34.0 Å². The first-order chi connectivity index (χ1) is 21.9. The molecule has 1 aliphatic heterocycles.